The minimum Gasteiger partial charge on any atom is -0.484 e. The van der Waals surface area contributed by atoms with Gasteiger partial charge in [-0.2, -0.15) is 8.78 Å². The van der Waals surface area contributed by atoms with Crippen LogP contribution in [-0.4, -0.2) is 30.1 Å². The first-order chi connectivity index (χ1) is 14.2. The molecular weight excluding hydrogens is 437 g/mol. The molecular formula is C21H20ClF3N2O2S. The Morgan fingerprint density at radius 3 is 2.43 bits per heavy atom. The number of hydrogen-bond donors (Lipinski definition) is 1. The number of alkyl halides is 3. The van der Waals surface area contributed by atoms with E-state index in [0.717, 1.165) is 12.8 Å². The van der Waals surface area contributed by atoms with Gasteiger partial charge >= 0.3 is 6.05 Å². The number of amides is 1. The lowest BCUT2D eigenvalue weighted by Gasteiger charge is -2.24. The first-order valence-electron chi connectivity index (χ1n) is 9.37. The summed E-state index contributed by atoms with van der Waals surface area (Å²) in [5.74, 6) is 0.150. The summed E-state index contributed by atoms with van der Waals surface area (Å²) in [4.78, 5) is 15.0. The standard InChI is InChI=1S/C21H20ClF3N2O2S/c1-2-3-12-26-18(28)13-29-17-10-4-14(5-11-17)19-27-21(24,25)20(23,30-19)15-6-8-16(22)9-7-15/h4-11H,2-3,12-13H2,1H3,(H,26,28). The molecule has 0 aliphatic carbocycles. The molecule has 1 amide bonds. The largest absolute Gasteiger partial charge is 0.484 e. The molecule has 0 fully saturated rings. The van der Waals surface area contributed by atoms with Crippen LogP contribution in [-0.2, 0) is 9.80 Å². The van der Waals surface area contributed by atoms with Gasteiger partial charge < -0.3 is 10.1 Å². The first-order valence-corrected chi connectivity index (χ1v) is 10.6. The van der Waals surface area contributed by atoms with Crippen molar-refractivity contribution in [3.8, 4) is 5.75 Å². The Morgan fingerprint density at radius 1 is 1.13 bits per heavy atom. The third-order valence-corrected chi connectivity index (χ3v) is 5.94. The molecule has 0 aromatic heterocycles. The molecule has 2 aromatic carbocycles. The summed E-state index contributed by atoms with van der Waals surface area (Å²) < 4.78 is 49.6. The van der Waals surface area contributed by atoms with Crippen LogP contribution in [0.15, 0.2) is 53.5 Å². The Kier molecular flexibility index (Phi) is 6.98. The fraction of sp³-hybridized carbons (Fsp3) is 0.333. The molecule has 4 nitrogen and oxygen atoms in total. The highest BCUT2D eigenvalue weighted by molar-refractivity contribution is 8.15. The zero-order valence-electron chi connectivity index (χ0n) is 16.1. The Hall–Kier alpha value is -2.19. The van der Waals surface area contributed by atoms with Crippen molar-refractivity contribution in [1.82, 2.24) is 5.32 Å². The number of benzene rings is 2. The summed E-state index contributed by atoms with van der Waals surface area (Å²) >= 11 is 6.12. The van der Waals surface area contributed by atoms with Crippen molar-refractivity contribution in [2.45, 2.75) is 30.8 Å². The van der Waals surface area contributed by atoms with Crippen molar-refractivity contribution >= 4 is 34.3 Å². The maximum atomic E-state index is 15.3. The van der Waals surface area contributed by atoms with Crippen molar-refractivity contribution in [3.05, 3.63) is 64.7 Å². The lowest BCUT2D eigenvalue weighted by atomic mass is 10.1. The predicted octanol–water partition coefficient (Wildman–Crippen LogP) is 5.54. The van der Waals surface area contributed by atoms with Gasteiger partial charge in [0.2, 0.25) is 0 Å². The minimum atomic E-state index is -3.94. The van der Waals surface area contributed by atoms with Crippen LogP contribution in [0.4, 0.5) is 13.2 Å². The molecule has 1 N–H and O–H groups in total. The van der Waals surface area contributed by atoms with E-state index in [-0.39, 0.29) is 23.1 Å². The molecule has 1 aliphatic rings. The summed E-state index contributed by atoms with van der Waals surface area (Å²) in [5, 5.41) is -0.102. The molecule has 0 radical (unpaired) electrons. The molecule has 9 heteroatoms. The molecule has 0 bridgehead atoms. The third kappa shape index (κ3) is 4.92. The molecule has 0 saturated carbocycles. The molecule has 1 heterocycles. The van der Waals surface area contributed by atoms with E-state index >= 15 is 4.39 Å². The molecule has 1 atom stereocenters. The van der Waals surface area contributed by atoms with Crippen LogP contribution in [0.1, 0.15) is 30.9 Å². The highest BCUT2D eigenvalue weighted by Crippen LogP contribution is 2.56. The SMILES string of the molecule is CCCCNC(=O)COc1ccc(C2=NC(F)(F)C(F)(c3ccc(Cl)cc3)S2)cc1. The van der Waals surface area contributed by atoms with Crippen LogP contribution in [0.5, 0.6) is 5.75 Å². The number of ether oxygens (including phenoxy) is 1. The second-order valence-corrected chi connectivity index (χ2v) is 8.27. The van der Waals surface area contributed by atoms with Gasteiger partial charge in [-0.3, -0.25) is 4.79 Å². The number of aliphatic imine (C=N–C) groups is 1. The van der Waals surface area contributed by atoms with Crippen molar-refractivity contribution < 1.29 is 22.7 Å². The second-order valence-electron chi connectivity index (χ2n) is 6.68. The molecule has 30 heavy (non-hydrogen) atoms. The maximum absolute atomic E-state index is 15.3. The number of unbranched alkanes of at least 4 members (excludes halogenated alkanes) is 1. The maximum Gasteiger partial charge on any atom is 0.391 e. The number of halogens is 4. The van der Waals surface area contributed by atoms with Gasteiger partial charge in [-0.15, -0.1) is 0 Å². The van der Waals surface area contributed by atoms with Crippen molar-refractivity contribution in [2.75, 3.05) is 13.2 Å². The number of nitrogens with zero attached hydrogens (tertiary/aromatic N) is 1. The molecule has 3 rings (SSSR count). The van der Waals surface area contributed by atoms with E-state index in [2.05, 4.69) is 10.3 Å². The average Bonchev–Trinajstić information content (AvgIpc) is 2.97. The summed E-state index contributed by atoms with van der Waals surface area (Å²) in [6.07, 6.45) is 1.86. The van der Waals surface area contributed by atoms with Gasteiger partial charge in [-0.25, -0.2) is 9.38 Å². The van der Waals surface area contributed by atoms with E-state index in [1.165, 1.54) is 48.5 Å². The van der Waals surface area contributed by atoms with E-state index in [1.54, 1.807) is 0 Å². The van der Waals surface area contributed by atoms with Gasteiger partial charge in [-0.05, 0) is 42.8 Å². The summed E-state index contributed by atoms with van der Waals surface area (Å²) in [6, 6.07) is 7.28. The van der Waals surface area contributed by atoms with E-state index in [9.17, 15) is 13.6 Å². The van der Waals surface area contributed by atoms with E-state index in [4.69, 9.17) is 16.3 Å². The summed E-state index contributed by atoms with van der Waals surface area (Å²) in [6.45, 7) is 2.46. The Balaban J connectivity index is 1.66. The fourth-order valence-electron chi connectivity index (χ4n) is 2.74. The molecule has 160 valence electrons. The van der Waals surface area contributed by atoms with E-state index in [1.807, 2.05) is 6.92 Å². The van der Waals surface area contributed by atoms with E-state index < -0.39 is 11.0 Å². The number of hydrogen-bond acceptors (Lipinski definition) is 4. The van der Waals surface area contributed by atoms with Crippen LogP contribution >= 0.6 is 23.4 Å². The lowest BCUT2D eigenvalue weighted by molar-refractivity contribution is -0.123. The highest BCUT2D eigenvalue weighted by atomic mass is 35.5. The number of thioether (sulfide) groups is 1. The third-order valence-electron chi connectivity index (χ3n) is 4.41. The predicted molar refractivity (Wildman–Crippen MR) is 113 cm³/mol. The number of rotatable bonds is 8. The van der Waals surface area contributed by atoms with Gasteiger partial charge in [0.1, 0.15) is 10.8 Å². The molecule has 1 unspecified atom stereocenters. The van der Waals surface area contributed by atoms with Crippen molar-refractivity contribution in [3.63, 3.8) is 0 Å². The fourth-order valence-corrected chi connectivity index (χ4v) is 3.96. The smallest absolute Gasteiger partial charge is 0.391 e. The zero-order chi connectivity index (χ0) is 21.8. The van der Waals surface area contributed by atoms with Crippen LogP contribution in [0, 0.1) is 0 Å². The highest BCUT2D eigenvalue weighted by Gasteiger charge is 2.62. The number of carbonyl (C=O) groups is 1. The minimum absolute atomic E-state index is 0.124. The van der Waals surface area contributed by atoms with Gasteiger partial charge in [0, 0.05) is 22.7 Å². The molecule has 0 spiro atoms. The van der Waals surface area contributed by atoms with Gasteiger partial charge in [-0.1, -0.05) is 48.8 Å². The Bertz CT molecular complexity index is 923. The number of nitrogens with one attached hydrogen (secondary N) is 1. The second kappa shape index (κ2) is 9.31. The Morgan fingerprint density at radius 2 is 1.80 bits per heavy atom. The Labute approximate surface area is 181 Å². The topological polar surface area (TPSA) is 50.7 Å². The van der Waals surface area contributed by atoms with Gasteiger partial charge in [0.25, 0.3) is 10.9 Å². The van der Waals surface area contributed by atoms with Crippen molar-refractivity contribution in [2.24, 2.45) is 4.99 Å². The van der Waals surface area contributed by atoms with E-state index in [0.29, 0.717) is 34.6 Å². The lowest BCUT2D eigenvalue weighted by Crippen LogP contribution is -2.33. The summed E-state index contributed by atoms with van der Waals surface area (Å²) in [5.41, 5.74) is 0.114. The van der Waals surface area contributed by atoms with Crippen LogP contribution in [0.2, 0.25) is 5.02 Å². The summed E-state index contributed by atoms with van der Waals surface area (Å²) in [7, 11) is 0. The first kappa shape index (κ1) is 22.5. The van der Waals surface area contributed by atoms with Crippen molar-refractivity contribution in [1.29, 1.82) is 0 Å². The molecule has 2 aromatic rings. The van der Waals surface area contributed by atoms with Crippen LogP contribution < -0.4 is 10.1 Å². The quantitative estimate of drug-likeness (QED) is 0.419. The number of carbonyl (C=O) groups excluding carboxylic acids is 1. The van der Waals surface area contributed by atoms with Gasteiger partial charge in [0.05, 0.1) is 0 Å². The van der Waals surface area contributed by atoms with Crippen LogP contribution in [0.3, 0.4) is 0 Å². The van der Waals surface area contributed by atoms with Crippen LogP contribution in [0.25, 0.3) is 0 Å². The monoisotopic (exact) mass is 456 g/mol. The zero-order valence-corrected chi connectivity index (χ0v) is 17.7. The molecule has 1 aliphatic heterocycles. The van der Waals surface area contributed by atoms with Gasteiger partial charge in [0.15, 0.2) is 6.61 Å². The normalized spacial score (nSPS) is 20.0. The average molecular weight is 457 g/mol. The molecule has 0 saturated heterocycles.